The van der Waals surface area contributed by atoms with Crippen LogP contribution in [0, 0.1) is 11.8 Å². The minimum absolute atomic E-state index is 0.0476. The van der Waals surface area contributed by atoms with Crippen LogP contribution in [0.5, 0.6) is 0 Å². The Morgan fingerprint density at radius 3 is 2.48 bits per heavy atom. The van der Waals surface area contributed by atoms with Crippen molar-refractivity contribution in [1.29, 1.82) is 0 Å². The standard InChI is InChI=1S/C21H28N2OS/c1-16(2)14-23-11-8-18(9-12-23)21(24)22-20(19-10-13-25-15-19)17-6-4-3-5-7-17/h3-7,10,13,15-16,18,20H,8-9,11-12,14H2,1-2H3,(H,22,24). The fourth-order valence-electron chi connectivity index (χ4n) is 3.60. The molecule has 1 N–H and O–H groups in total. The molecular formula is C21H28N2OS. The first-order chi connectivity index (χ1) is 12.1. The number of hydrogen-bond acceptors (Lipinski definition) is 3. The van der Waals surface area contributed by atoms with Crippen molar-refractivity contribution < 1.29 is 4.79 Å². The lowest BCUT2D eigenvalue weighted by molar-refractivity contribution is -0.127. The molecule has 2 heterocycles. The number of amides is 1. The van der Waals surface area contributed by atoms with Crippen LogP contribution in [0.2, 0.25) is 0 Å². The molecule has 134 valence electrons. The fraction of sp³-hybridized carbons (Fsp3) is 0.476. The molecule has 1 atom stereocenters. The summed E-state index contributed by atoms with van der Waals surface area (Å²) in [5.74, 6) is 1.02. The van der Waals surface area contributed by atoms with Crippen LogP contribution in [0.4, 0.5) is 0 Å². The van der Waals surface area contributed by atoms with Gasteiger partial charge >= 0.3 is 0 Å². The highest BCUT2D eigenvalue weighted by atomic mass is 32.1. The van der Waals surface area contributed by atoms with E-state index in [2.05, 4.69) is 53.0 Å². The lowest BCUT2D eigenvalue weighted by atomic mass is 9.93. The van der Waals surface area contributed by atoms with Crippen LogP contribution in [0.25, 0.3) is 0 Å². The Morgan fingerprint density at radius 1 is 1.16 bits per heavy atom. The van der Waals surface area contributed by atoms with Crippen LogP contribution >= 0.6 is 11.3 Å². The highest BCUT2D eigenvalue weighted by Gasteiger charge is 2.27. The van der Waals surface area contributed by atoms with Crippen LogP contribution in [-0.2, 0) is 4.79 Å². The van der Waals surface area contributed by atoms with Crippen molar-refractivity contribution in [2.45, 2.75) is 32.7 Å². The van der Waals surface area contributed by atoms with Gasteiger partial charge in [0.05, 0.1) is 6.04 Å². The van der Waals surface area contributed by atoms with Crippen molar-refractivity contribution in [3.05, 3.63) is 58.3 Å². The molecular weight excluding hydrogens is 328 g/mol. The van der Waals surface area contributed by atoms with E-state index in [1.807, 2.05) is 18.2 Å². The van der Waals surface area contributed by atoms with Crippen LogP contribution in [0.3, 0.4) is 0 Å². The monoisotopic (exact) mass is 356 g/mol. The third kappa shape index (κ3) is 4.93. The van der Waals surface area contributed by atoms with Gasteiger partial charge in [-0.15, -0.1) is 0 Å². The van der Waals surface area contributed by atoms with E-state index in [-0.39, 0.29) is 17.9 Å². The predicted octanol–water partition coefficient (Wildman–Crippen LogP) is 4.32. The predicted molar refractivity (Wildman–Crippen MR) is 105 cm³/mol. The third-order valence-electron chi connectivity index (χ3n) is 4.88. The molecule has 3 nitrogen and oxygen atoms in total. The first-order valence-corrected chi connectivity index (χ1v) is 10.2. The average molecular weight is 357 g/mol. The molecule has 1 aliphatic heterocycles. The van der Waals surface area contributed by atoms with Crippen LogP contribution in [0.1, 0.15) is 43.9 Å². The van der Waals surface area contributed by atoms with Gasteiger partial charge in [0.1, 0.15) is 0 Å². The summed E-state index contributed by atoms with van der Waals surface area (Å²) < 4.78 is 0. The first-order valence-electron chi connectivity index (χ1n) is 9.23. The Labute approximate surface area is 155 Å². The molecule has 0 radical (unpaired) electrons. The van der Waals surface area contributed by atoms with Gasteiger partial charge in [-0.05, 0) is 59.8 Å². The molecule has 1 fully saturated rings. The van der Waals surface area contributed by atoms with Gasteiger partial charge < -0.3 is 10.2 Å². The Morgan fingerprint density at radius 2 is 1.88 bits per heavy atom. The van der Waals surface area contributed by atoms with Gasteiger partial charge in [0, 0.05) is 12.5 Å². The summed E-state index contributed by atoms with van der Waals surface area (Å²) in [6.45, 7) is 7.71. The zero-order valence-electron chi connectivity index (χ0n) is 15.2. The van der Waals surface area contributed by atoms with Crippen molar-refractivity contribution in [1.82, 2.24) is 10.2 Å². The molecule has 1 aromatic carbocycles. The molecule has 0 bridgehead atoms. The van der Waals surface area contributed by atoms with Crippen LogP contribution in [0.15, 0.2) is 47.2 Å². The Kier molecular flexibility index (Phi) is 6.27. The van der Waals surface area contributed by atoms with Crippen LogP contribution < -0.4 is 5.32 Å². The van der Waals surface area contributed by atoms with E-state index in [0.717, 1.165) is 38.0 Å². The Bertz CT molecular complexity index is 646. The summed E-state index contributed by atoms with van der Waals surface area (Å²) in [6, 6.07) is 12.3. The second-order valence-corrected chi connectivity index (χ2v) is 8.16. The molecule has 25 heavy (non-hydrogen) atoms. The van der Waals surface area contributed by atoms with Crippen molar-refractivity contribution in [2.24, 2.45) is 11.8 Å². The summed E-state index contributed by atoms with van der Waals surface area (Å²) in [6.07, 6.45) is 1.92. The number of nitrogens with zero attached hydrogens (tertiary/aromatic N) is 1. The molecule has 4 heteroatoms. The van der Waals surface area contributed by atoms with Crippen LogP contribution in [-0.4, -0.2) is 30.4 Å². The van der Waals surface area contributed by atoms with Crippen molar-refractivity contribution >= 4 is 17.2 Å². The molecule has 1 aliphatic rings. The van der Waals surface area contributed by atoms with Gasteiger partial charge in [-0.25, -0.2) is 0 Å². The largest absolute Gasteiger partial charge is 0.345 e. The molecule has 1 unspecified atom stereocenters. The summed E-state index contributed by atoms with van der Waals surface area (Å²) in [4.78, 5) is 15.4. The van der Waals surface area contributed by atoms with E-state index >= 15 is 0 Å². The summed E-state index contributed by atoms with van der Waals surface area (Å²) >= 11 is 1.67. The minimum atomic E-state index is -0.0476. The van der Waals surface area contributed by atoms with Gasteiger partial charge in [-0.3, -0.25) is 4.79 Å². The smallest absolute Gasteiger partial charge is 0.223 e. The fourth-order valence-corrected chi connectivity index (χ4v) is 4.28. The molecule has 0 aliphatic carbocycles. The Hall–Kier alpha value is -1.65. The zero-order valence-corrected chi connectivity index (χ0v) is 16.0. The van der Waals surface area contributed by atoms with Crippen molar-refractivity contribution in [3.63, 3.8) is 0 Å². The number of carbonyl (C=O) groups excluding carboxylic acids is 1. The molecule has 0 spiro atoms. The lowest BCUT2D eigenvalue weighted by Crippen LogP contribution is -2.42. The SMILES string of the molecule is CC(C)CN1CCC(C(=O)NC(c2ccccc2)c2ccsc2)CC1. The van der Waals surface area contributed by atoms with Crippen molar-refractivity contribution in [3.8, 4) is 0 Å². The quantitative estimate of drug-likeness (QED) is 0.836. The van der Waals surface area contributed by atoms with Gasteiger partial charge in [0.15, 0.2) is 0 Å². The number of thiophene rings is 1. The lowest BCUT2D eigenvalue weighted by Gasteiger charge is -2.33. The Balaban J connectivity index is 1.64. The van der Waals surface area contributed by atoms with Gasteiger partial charge in [0.25, 0.3) is 0 Å². The molecule has 2 aromatic rings. The highest BCUT2D eigenvalue weighted by molar-refractivity contribution is 7.08. The van der Waals surface area contributed by atoms with E-state index in [9.17, 15) is 4.79 Å². The van der Waals surface area contributed by atoms with Gasteiger partial charge in [-0.2, -0.15) is 11.3 Å². The average Bonchev–Trinajstić information content (AvgIpc) is 3.14. The number of benzene rings is 1. The number of likely N-dealkylation sites (tertiary alicyclic amines) is 1. The summed E-state index contributed by atoms with van der Waals surface area (Å²) in [5, 5.41) is 7.51. The second-order valence-electron chi connectivity index (χ2n) is 7.38. The number of piperidine rings is 1. The molecule has 0 saturated carbocycles. The molecule has 3 rings (SSSR count). The van der Waals surface area contributed by atoms with E-state index in [0.29, 0.717) is 5.92 Å². The number of nitrogens with one attached hydrogen (secondary N) is 1. The third-order valence-corrected chi connectivity index (χ3v) is 5.58. The number of rotatable bonds is 6. The topological polar surface area (TPSA) is 32.3 Å². The maximum atomic E-state index is 12.9. The van der Waals surface area contributed by atoms with Gasteiger partial charge in [0.2, 0.25) is 5.91 Å². The van der Waals surface area contributed by atoms with Crippen molar-refractivity contribution in [2.75, 3.05) is 19.6 Å². The zero-order chi connectivity index (χ0) is 17.6. The molecule has 1 aromatic heterocycles. The normalized spacial score (nSPS) is 17.6. The maximum Gasteiger partial charge on any atom is 0.223 e. The number of hydrogen-bond donors (Lipinski definition) is 1. The summed E-state index contributed by atoms with van der Waals surface area (Å²) in [5.41, 5.74) is 2.31. The van der Waals surface area contributed by atoms with E-state index in [1.54, 1.807) is 11.3 Å². The van der Waals surface area contributed by atoms with E-state index < -0.39 is 0 Å². The molecule has 1 saturated heterocycles. The van der Waals surface area contributed by atoms with E-state index in [4.69, 9.17) is 0 Å². The highest BCUT2D eigenvalue weighted by Crippen LogP contribution is 2.26. The maximum absolute atomic E-state index is 12.9. The second kappa shape index (κ2) is 8.63. The van der Waals surface area contributed by atoms with E-state index in [1.165, 1.54) is 5.56 Å². The summed E-state index contributed by atoms with van der Waals surface area (Å²) in [7, 11) is 0. The minimum Gasteiger partial charge on any atom is -0.345 e. The van der Waals surface area contributed by atoms with Gasteiger partial charge in [-0.1, -0.05) is 44.2 Å². The first kappa shape index (κ1) is 18.2. The number of carbonyl (C=O) groups is 1. The molecule has 1 amide bonds.